The van der Waals surface area contributed by atoms with E-state index >= 15 is 0 Å². The van der Waals surface area contributed by atoms with Gasteiger partial charge in [0.25, 0.3) is 0 Å². The van der Waals surface area contributed by atoms with E-state index in [1.165, 1.54) is 12.8 Å². The summed E-state index contributed by atoms with van der Waals surface area (Å²) in [4.78, 5) is 8.78. The smallest absolute Gasteiger partial charge is 0.226 e. The summed E-state index contributed by atoms with van der Waals surface area (Å²) in [7, 11) is 0. The third kappa shape index (κ3) is 6.42. The van der Waals surface area contributed by atoms with Gasteiger partial charge in [-0.1, -0.05) is 20.3 Å². The zero-order chi connectivity index (χ0) is 14.8. The quantitative estimate of drug-likeness (QED) is 0.663. The zero-order valence-corrected chi connectivity index (χ0v) is 13.5. The van der Waals surface area contributed by atoms with Gasteiger partial charge < -0.3 is 10.1 Å². The normalized spacial score (nSPS) is 12.2. The van der Waals surface area contributed by atoms with Crippen molar-refractivity contribution >= 4 is 17.5 Å². The average Bonchev–Trinajstić information content (AvgIpc) is 2.42. The van der Waals surface area contributed by atoms with Crippen LogP contribution in [-0.4, -0.2) is 29.0 Å². The van der Waals surface area contributed by atoms with Crippen LogP contribution in [0.25, 0.3) is 0 Å². The van der Waals surface area contributed by atoms with E-state index in [-0.39, 0.29) is 0 Å². The second kappa shape index (κ2) is 9.81. The predicted octanol–water partition coefficient (Wildman–Crippen LogP) is 4.03. The molecule has 1 N–H and O–H groups in total. The molecule has 1 aromatic heterocycles. The number of aromatic nitrogens is 2. The highest BCUT2D eigenvalue weighted by atomic mass is 35.5. The Morgan fingerprint density at radius 1 is 1.25 bits per heavy atom. The van der Waals surface area contributed by atoms with Crippen LogP contribution >= 0.6 is 11.6 Å². The van der Waals surface area contributed by atoms with Crippen LogP contribution in [0.4, 0.5) is 5.95 Å². The van der Waals surface area contributed by atoms with Crippen LogP contribution in [0.15, 0.2) is 6.07 Å². The lowest BCUT2D eigenvalue weighted by Crippen LogP contribution is -2.17. The van der Waals surface area contributed by atoms with E-state index in [1.54, 1.807) is 0 Å². The molecule has 0 aromatic carbocycles. The molecule has 0 aliphatic carbocycles. The van der Waals surface area contributed by atoms with Crippen molar-refractivity contribution in [1.29, 1.82) is 0 Å². The molecule has 0 aliphatic rings. The minimum Gasteiger partial charge on any atom is -0.478 e. The molecule has 1 unspecified atom stereocenters. The highest BCUT2D eigenvalue weighted by Gasteiger charge is 2.09. The summed E-state index contributed by atoms with van der Waals surface area (Å²) in [6.07, 6.45) is 4.33. The number of nitrogens with zero attached hydrogens (tertiary/aromatic N) is 2. The minimum absolute atomic E-state index is 0.571. The molecule has 0 spiro atoms. The predicted molar refractivity (Wildman–Crippen MR) is 84.8 cm³/mol. The average molecular weight is 300 g/mol. The number of halogens is 1. The van der Waals surface area contributed by atoms with Gasteiger partial charge in [0.2, 0.25) is 11.8 Å². The summed E-state index contributed by atoms with van der Waals surface area (Å²) in [6.45, 7) is 7.77. The molecule has 4 nitrogen and oxygen atoms in total. The Kier molecular flexibility index (Phi) is 8.35. The van der Waals surface area contributed by atoms with Crippen molar-refractivity contribution in [2.24, 2.45) is 5.92 Å². The molecule has 0 radical (unpaired) electrons. The molecular formula is C15H26ClN3O. The monoisotopic (exact) mass is 299 g/mol. The summed E-state index contributed by atoms with van der Waals surface area (Å²) in [5.74, 6) is 2.56. The largest absolute Gasteiger partial charge is 0.478 e. The van der Waals surface area contributed by atoms with E-state index in [1.807, 2.05) is 13.0 Å². The van der Waals surface area contributed by atoms with E-state index in [2.05, 4.69) is 29.1 Å². The van der Waals surface area contributed by atoms with Crippen LogP contribution in [0.2, 0.25) is 0 Å². The molecule has 1 aromatic rings. The molecule has 0 fully saturated rings. The van der Waals surface area contributed by atoms with Gasteiger partial charge in [-0.3, -0.25) is 0 Å². The van der Waals surface area contributed by atoms with Crippen molar-refractivity contribution in [1.82, 2.24) is 9.97 Å². The number of alkyl halides is 1. The van der Waals surface area contributed by atoms with E-state index in [0.29, 0.717) is 30.2 Å². The first-order valence-electron chi connectivity index (χ1n) is 7.47. The Labute approximate surface area is 127 Å². The standard InChI is InChI=1S/C15H26ClN3O/c1-4-6-13(7-8-16)11-17-15-18-12(3)10-14(19-15)20-9-5-2/h10,13H,4-9,11H2,1-3H3,(H,17,18,19). The number of ether oxygens (including phenoxy) is 1. The number of rotatable bonds is 10. The molecule has 0 amide bonds. The second-order valence-corrected chi connectivity index (χ2v) is 5.41. The number of hydrogen-bond acceptors (Lipinski definition) is 4. The van der Waals surface area contributed by atoms with Crippen LogP contribution in [0, 0.1) is 12.8 Å². The van der Waals surface area contributed by atoms with Gasteiger partial charge in [0.1, 0.15) is 0 Å². The summed E-state index contributed by atoms with van der Waals surface area (Å²) >= 11 is 5.84. The Hall–Kier alpha value is -1.03. The van der Waals surface area contributed by atoms with Crippen molar-refractivity contribution in [3.8, 4) is 5.88 Å². The van der Waals surface area contributed by atoms with Gasteiger partial charge in [0.15, 0.2) is 0 Å². The van der Waals surface area contributed by atoms with Gasteiger partial charge in [-0.05, 0) is 32.1 Å². The van der Waals surface area contributed by atoms with Crippen LogP contribution in [-0.2, 0) is 0 Å². The van der Waals surface area contributed by atoms with Crippen LogP contribution < -0.4 is 10.1 Å². The van der Waals surface area contributed by atoms with Crippen molar-refractivity contribution in [3.05, 3.63) is 11.8 Å². The van der Waals surface area contributed by atoms with Crippen molar-refractivity contribution in [3.63, 3.8) is 0 Å². The summed E-state index contributed by atoms with van der Waals surface area (Å²) in [5.41, 5.74) is 0.915. The lowest BCUT2D eigenvalue weighted by Gasteiger charge is -2.16. The fourth-order valence-corrected chi connectivity index (χ4v) is 2.35. The van der Waals surface area contributed by atoms with E-state index in [0.717, 1.165) is 25.1 Å². The number of aryl methyl sites for hydroxylation is 1. The molecular weight excluding hydrogens is 274 g/mol. The molecule has 0 aliphatic heterocycles. The first-order valence-corrected chi connectivity index (χ1v) is 8.01. The molecule has 0 saturated heterocycles. The highest BCUT2D eigenvalue weighted by molar-refractivity contribution is 6.17. The van der Waals surface area contributed by atoms with Crippen LogP contribution in [0.1, 0.15) is 45.2 Å². The van der Waals surface area contributed by atoms with E-state index in [9.17, 15) is 0 Å². The topological polar surface area (TPSA) is 47.0 Å². The third-order valence-electron chi connectivity index (χ3n) is 3.05. The van der Waals surface area contributed by atoms with Crippen molar-refractivity contribution < 1.29 is 4.74 Å². The molecule has 0 saturated carbocycles. The maximum Gasteiger partial charge on any atom is 0.226 e. The minimum atomic E-state index is 0.571. The Morgan fingerprint density at radius 3 is 2.70 bits per heavy atom. The fourth-order valence-electron chi connectivity index (χ4n) is 2.05. The highest BCUT2D eigenvalue weighted by Crippen LogP contribution is 2.15. The molecule has 5 heteroatoms. The maximum atomic E-state index is 5.84. The number of nitrogens with one attached hydrogen (secondary N) is 1. The van der Waals surface area contributed by atoms with Gasteiger partial charge >= 0.3 is 0 Å². The number of anilines is 1. The van der Waals surface area contributed by atoms with Crippen LogP contribution in [0.3, 0.4) is 0 Å². The SMILES string of the molecule is CCCOc1cc(C)nc(NCC(CCC)CCCl)n1. The zero-order valence-electron chi connectivity index (χ0n) is 12.8. The lowest BCUT2D eigenvalue weighted by atomic mass is 10.0. The van der Waals surface area contributed by atoms with Crippen molar-refractivity contribution in [2.75, 3.05) is 24.3 Å². The van der Waals surface area contributed by atoms with Gasteiger partial charge in [0, 0.05) is 24.2 Å². The second-order valence-electron chi connectivity index (χ2n) is 5.03. The molecule has 114 valence electrons. The van der Waals surface area contributed by atoms with E-state index in [4.69, 9.17) is 16.3 Å². The van der Waals surface area contributed by atoms with Gasteiger partial charge in [-0.25, -0.2) is 4.98 Å². The molecule has 1 heterocycles. The Balaban J connectivity index is 2.59. The maximum absolute atomic E-state index is 5.84. The number of hydrogen-bond donors (Lipinski definition) is 1. The summed E-state index contributed by atoms with van der Waals surface area (Å²) < 4.78 is 5.57. The third-order valence-corrected chi connectivity index (χ3v) is 3.27. The summed E-state index contributed by atoms with van der Waals surface area (Å²) in [5, 5.41) is 3.31. The molecule has 1 rings (SSSR count). The fraction of sp³-hybridized carbons (Fsp3) is 0.733. The van der Waals surface area contributed by atoms with Crippen molar-refractivity contribution in [2.45, 2.75) is 46.5 Å². The summed E-state index contributed by atoms with van der Waals surface area (Å²) in [6, 6.07) is 1.86. The first kappa shape index (κ1) is 17.0. The Bertz CT molecular complexity index is 381. The first-order chi connectivity index (χ1) is 9.69. The molecule has 0 bridgehead atoms. The lowest BCUT2D eigenvalue weighted by molar-refractivity contribution is 0.305. The van der Waals surface area contributed by atoms with Gasteiger partial charge in [-0.2, -0.15) is 4.98 Å². The van der Waals surface area contributed by atoms with Crippen LogP contribution in [0.5, 0.6) is 5.88 Å². The molecule has 1 atom stereocenters. The van der Waals surface area contributed by atoms with Gasteiger partial charge in [0.05, 0.1) is 6.61 Å². The van der Waals surface area contributed by atoms with E-state index < -0.39 is 0 Å². The van der Waals surface area contributed by atoms with Gasteiger partial charge in [-0.15, -0.1) is 11.6 Å². The molecule has 20 heavy (non-hydrogen) atoms. The Morgan fingerprint density at radius 2 is 2.05 bits per heavy atom.